The lowest BCUT2D eigenvalue weighted by molar-refractivity contribution is -0.122. The van der Waals surface area contributed by atoms with E-state index in [1.807, 2.05) is 0 Å². The van der Waals surface area contributed by atoms with Crippen LogP contribution >= 0.6 is 0 Å². The SMILES string of the molecule is CC(CC(=O)NCC1CC2CCC1C2)C1CCCNC1. The van der Waals surface area contributed by atoms with E-state index in [1.165, 1.54) is 38.5 Å². The standard InChI is InChI=1S/C17H30N2O/c1-12(15-3-2-6-18-10-15)7-17(20)19-11-16-9-13-4-5-14(16)8-13/h12-16,18H,2-11H2,1H3,(H,19,20). The molecule has 2 bridgehead atoms. The van der Waals surface area contributed by atoms with Gasteiger partial charge in [-0.1, -0.05) is 13.3 Å². The first kappa shape index (κ1) is 14.4. The summed E-state index contributed by atoms with van der Waals surface area (Å²) in [4.78, 5) is 12.1. The van der Waals surface area contributed by atoms with E-state index in [4.69, 9.17) is 0 Å². The van der Waals surface area contributed by atoms with Crippen LogP contribution in [0.4, 0.5) is 0 Å². The topological polar surface area (TPSA) is 41.1 Å². The summed E-state index contributed by atoms with van der Waals surface area (Å²) in [7, 11) is 0. The molecule has 0 aromatic heterocycles. The van der Waals surface area contributed by atoms with E-state index in [2.05, 4.69) is 17.6 Å². The molecular weight excluding hydrogens is 248 g/mol. The first-order chi connectivity index (χ1) is 9.72. The Morgan fingerprint density at radius 2 is 2.20 bits per heavy atom. The second-order valence-corrected chi connectivity index (χ2v) is 7.53. The molecule has 0 aromatic rings. The molecule has 1 saturated heterocycles. The van der Waals surface area contributed by atoms with Gasteiger partial charge in [-0.25, -0.2) is 0 Å². The fraction of sp³-hybridized carbons (Fsp3) is 0.941. The number of nitrogens with one attached hydrogen (secondary N) is 2. The van der Waals surface area contributed by atoms with Crippen LogP contribution in [0.15, 0.2) is 0 Å². The van der Waals surface area contributed by atoms with E-state index < -0.39 is 0 Å². The Bertz CT molecular complexity index is 338. The first-order valence-electron chi connectivity index (χ1n) is 8.69. The van der Waals surface area contributed by atoms with Crippen molar-refractivity contribution < 1.29 is 4.79 Å². The first-order valence-corrected chi connectivity index (χ1v) is 8.69. The maximum atomic E-state index is 12.1. The second kappa shape index (κ2) is 6.46. The Morgan fingerprint density at radius 1 is 1.30 bits per heavy atom. The van der Waals surface area contributed by atoms with Crippen LogP contribution < -0.4 is 10.6 Å². The largest absolute Gasteiger partial charge is 0.356 e. The second-order valence-electron chi connectivity index (χ2n) is 7.53. The molecule has 20 heavy (non-hydrogen) atoms. The van der Waals surface area contributed by atoms with Crippen molar-refractivity contribution in [2.75, 3.05) is 19.6 Å². The van der Waals surface area contributed by atoms with Gasteiger partial charge in [-0.15, -0.1) is 0 Å². The third-order valence-corrected chi connectivity index (χ3v) is 6.09. The molecule has 114 valence electrons. The lowest BCUT2D eigenvalue weighted by Gasteiger charge is -2.28. The molecule has 5 atom stereocenters. The van der Waals surface area contributed by atoms with Crippen LogP contribution in [0, 0.1) is 29.6 Å². The molecule has 3 aliphatic rings. The van der Waals surface area contributed by atoms with Gasteiger partial charge in [0.05, 0.1) is 0 Å². The Balaban J connectivity index is 1.36. The molecule has 1 aliphatic heterocycles. The Hall–Kier alpha value is -0.570. The zero-order chi connectivity index (χ0) is 13.9. The van der Waals surface area contributed by atoms with Crippen molar-refractivity contribution in [1.29, 1.82) is 0 Å². The number of hydrogen-bond donors (Lipinski definition) is 2. The normalized spacial score (nSPS) is 37.9. The van der Waals surface area contributed by atoms with Gasteiger partial charge in [0.25, 0.3) is 0 Å². The highest BCUT2D eigenvalue weighted by Crippen LogP contribution is 2.47. The maximum Gasteiger partial charge on any atom is 0.220 e. The van der Waals surface area contributed by atoms with Crippen LogP contribution in [0.1, 0.15) is 51.9 Å². The number of carbonyl (C=O) groups is 1. The highest BCUT2D eigenvalue weighted by atomic mass is 16.1. The summed E-state index contributed by atoms with van der Waals surface area (Å²) < 4.78 is 0. The van der Waals surface area contributed by atoms with Gasteiger partial charge in [0.2, 0.25) is 5.91 Å². The van der Waals surface area contributed by atoms with Gasteiger partial charge >= 0.3 is 0 Å². The predicted molar refractivity (Wildman–Crippen MR) is 81.3 cm³/mol. The van der Waals surface area contributed by atoms with Gasteiger partial charge in [-0.3, -0.25) is 4.79 Å². The van der Waals surface area contributed by atoms with Gasteiger partial charge in [0.15, 0.2) is 0 Å². The summed E-state index contributed by atoms with van der Waals surface area (Å²) in [6.07, 6.45) is 8.93. The Labute approximate surface area is 123 Å². The maximum absolute atomic E-state index is 12.1. The number of fused-ring (bicyclic) bond motifs is 2. The van der Waals surface area contributed by atoms with Crippen LogP contribution in [-0.2, 0) is 4.79 Å². The van der Waals surface area contributed by atoms with Gasteiger partial charge in [-0.05, 0) is 74.8 Å². The van der Waals surface area contributed by atoms with E-state index in [-0.39, 0.29) is 5.91 Å². The zero-order valence-corrected chi connectivity index (χ0v) is 12.9. The van der Waals surface area contributed by atoms with Crippen molar-refractivity contribution in [3.63, 3.8) is 0 Å². The van der Waals surface area contributed by atoms with E-state index in [1.54, 1.807) is 0 Å². The van der Waals surface area contributed by atoms with Crippen LogP contribution in [0.25, 0.3) is 0 Å². The smallest absolute Gasteiger partial charge is 0.220 e. The van der Waals surface area contributed by atoms with Crippen LogP contribution in [0.5, 0.6) is 0 Å². The summed E-state index contributed by atoms with van der Waals surface area (Å²) in [5.74, 6) is 4.17. The highest BCUT2D eigenvalue weighted by Gasteiger charge is 2.39. The van der Waals surface area contributed by atoms with Crippen LogP contribution in [-0.4, -0.2) is 25.5 Å². The molecule has 2 saturated carbocycles. The number of hydrogen-bond acceptors (Lipinski definition) is 2. The third-order valence-electron chi connectivity index (χ3n) is 6.09. The molecule has 5 unspecified atom stereocenters. The number of rotatable bonds is 5. The molecule has 0 spiro atoms. The molecule has 0 radical (unpaired) electrons. The number of piperidine rings is 1. The van der Waals surface area contributed by atoms with Gasteiger partial charge in [-0.2, -0.15) is 0 Å². The van der Waals surface area contributed by atoms with Gasteiger partial charge in [0, 0.05) is 13.0 Å². The molecule has 3 heteroatoms. The molecular formula is C17H30N2O. The minimum absolute atomic E-state index is 0.283. The van der Waals surface area contributed by atoms with Crippen molar-refractivity contribution in [1.82, 2.24) is 10.6 Å². The van der Waals surface area contributed by atoms with Crippen LogP contribution in [0.2, 0.25) is 0 Å². The molecule has 1 heterocycles. The van der Waals surface area contributed by atoms with E-state index in [0.717, 1.165) is 37.4 Å². The van der Waals surface area contributed by atoms with Gasteiger partial charge < -0.3 is 10.6 Å². The van der Waals surface area contributed by atoms with Crippen molar-refractivity contribution in [3.05, 3.63) is 0 Å². The van der Waals surface area contributed by atoms with Gasteiger partial charge in [0.1, 0.15) is 0 Å². The lowest BCUT2D eigenvalue weighted by atomic mass is 9.85. The third kappa shape index (κ3) is 3.36. The summed E-state index contributed by atoms with van der Waals surface area (Å²) >= 11 is 0. The summed E-state index contributed by atoms with van der Waals surface area (Å²) in [5, 5.41) is 6.67. The monoisotopic (exact) mass is 278 g/mol. The quantitative estimate of drug-likeness (QED) is 0.811. The van der Waals surface area contributed by atoms with E-state index in [9.17, 15) is 4.79 Å². The number of carbonyl (C=O) groups excluding carboxylic acids is 1. The molecule has 2 N–H and O–H groups in total. The summed E-state index contributed by atoms with van der Waals surface area (Å²) in [6.45, 7) is 5.44. The minimum Gasteiger partial charge on any atom is -0.356 e. The van der Waals surface area contributed by atoms with E-state index in [0.29, 0.717) is 18.3 Å². The lowest BCUT2D eigenvalue weighted by Crippen LogP contribution is -2.37. The van der Waals surface area contributed by atoms with Crippen molar-refractivity contribution >= 4 is 5.91 Å². The Kier molecular flexibility index (Phi) is 4.65. The average Bonchev–Trinajstić information content (AvgIpc) is 3.08. The summed E-state index contributed by atoms with van der Waals surface area (Å²) in [6, 6.07) is 0. The Morgan fingerprint density at radius 3 is 2.85 bits per heavy atom. The highest BCUT2D eigenvalue weighted by molar-refractivity contribution is 5.76. The molecule has 3 fully saturated rings. The molecule has 1 amide bonds. The fourth-order valence-corrected chi connectivity index (χ4v) is 4.77. The molecule has 0 aromatic carbocycles. The molecule has 2 aliphatic carbocycles. The predicted octanol–water partition coefficient (Wildman–Crippen LogP) is 2.56. The fourth-order valence-electron chi connectivity index (χ4n) is 4.77. The number of amides is 1. The summed E-state index contributed by atoms with van der Waals surface area (Å²) in [5.41, 5.74) is 0. The van der Waals surface area contributed by atoms with Crippen LogP contribution in [0.3, 0.4) is 0 Å². The van der Waals surface area contributed by atoms with E-state index >= 15 is 0 Å². The average molecular weight is 278 g/mol. The van der Waals surface area contributed by atoms with Crippen molar-refractivity contribution in [2.24, 2.45) is 29.6 Å². The zero-order valence-electron chi connectivity index (χ0n) is 12.9. The van der Waals surface area contributed by atoms with Crippen molar-refractivity contribution in [2.45, 2.75) is 51.9 Å². The van der Waals surface area contributed by atoms with Crippen molar-refractivity contribution in [3.8, 4) is 0 Å². The molecule has 3 rings (SSSR count). The minimum atomic E-state index is 0.283. The molecule has 3 nitrogen and oxygen atoms in total.